The highest BCUT2D eigenvalue weighted by Gasteiger charge is 2.22. The van der Waals surface area contributed by atoms with Gasteiger partial charge in [0.25, 0.3) is 0 Å². The molecule has 0 spiro atoms. The van der Waals surface area contributed by atoms with Crippen LogP contribution in [0.5, 0.6) is 0 Å². The Kier molecular flexibility index (Phi) is 7.71. The fourth-order valence-corrected chi connectivity index (χ4v) is 3.27. The summed E-state index contributed by atoms with van der Waals surface area (Å²) in [4.78, 5) is 12.2. The zero-order valence-electron chi connectivity index (χ0n) is 12.6. The fraction of sp³-hybridized carbons (Fsp3) is 0.562. The molecule has 5 heteroatoms. The molecular weight excluding hydrogens is 352 g/mol. The minimum atomic E-state index is 0. The molecule has 0 bridgehead atoms. The van der Waals surface area contributed by atoms with Gasteiger partial charge in [0, 0.05) is 16.6 Å². The number of hydrogen-bond acceptors (Lipinski definition) is 2. The van der Waals surface area contributed by atoms with Crippen LogP contribution in [0, 0.1) is 18.8 Å². The maximum Gasteiger partial charge on any atom is 0.224 e. The molecule has 1 aromatic rings. The van der Waals surface area contributed by atoms with Gasteiger partial charge in [0.2, 0.25) is 5.91 Å². The number of anilines is 1. The third-order valence-corrected chi connectivity index (χ3v) is 4.60. The topological polar surface area (TPSA) is 41.1 Å². The van der Waals surface area contributed by atoms with Crippen molar-refractivity contribution in [1.82, 2.24) is 5.32 Å². The molecule has 0 radical (unpaired) electrons. The highest BCUT2D eigenvalue weighted by molar-refractivity contribution is 9.10. The first-order valence-electron chi connectivity index (χ1n) is 7.33. The van der Waals surface area contributed by atoms with Gasteiger partial charge in [-0.25, -0.2) is 0 Å². The number of nitrogens with one attached hydrogen (secondary N) is 2. The van der Waals surface area contributed by atoms with Gasteiger partial charge in [-0.3, -0.25) is 4.79 Å². The van der Waals surface area contributed by atoms with Gasteiger partial charge in [0.1, 0.15) is 0 Å². The molecular formula is C16H24BrClN2O. The lowest BCUT2D eigenvalue weighted by atomic mass is 9.85. The van der Waals surface area contributed by atoms with Gasteiger partial charge in [0.15, 0.2) is 0 Å². The molecule has 2 N–H and O–H groups in total. The van der Waals surface area contributed by atoms with E-state index in [9.17, 15) is 4.79 Å². The second-order valence-corrected chi connectivity index (χ2v) is 6.71. The van der Waals surface area contributed by atoms with Crippen molar-refractivity contribution < 1.29 is 4.79 Å². The van der Waals surface area contributed by atoms with E-state index < -0.39 is 0 Å². The average Bonchev–Trinajstić information content (AvgIpc) is 2.43. The predicted molar refractivity (Wildman–Crippen MR) is 94.1 cm³/mol. The third-order valence-electron chi connectivity index (χ3n) is 4.11. The van der Waals surface area contributed by atoms with E-state index in [1.165, 1.54) is 12.8 Å². The van der Waals surface area contributed by atoms with Crippen LogP contribution in [0.3, 0.4) is 0 Å². The van der Waals surface area contributed by atoms with Gasteiger partial charge >= 0.3 is 0 Å². The Bertz CT molecular complexity index is 475. The highest BCUT2D eigenvalue weighted by Crippen LogP contribution is 2.24. The lowest BCUT2D eigenvalue weighted by Gasteiger charge is -2.28. The number of aryl methyl sites for hydroxylation is 1. The Morgan fingerprint density at radius 2 is 2.29 bits per heavy atom. The third kappa shape index (κ3) is 5.61. The zero-order valence-corrected chi connectivity index (χ0v) is 15.0. The van der Waals surface area contributed by atoms with Crippen LogP contribution in [0.4, 0.5) is 5.69 Å². The summed E-state index contributed by atoms with van der Waals surface area (Å²) in [7, 11) is 0. The Balaban J connectivity index is 0.00000220. The van der Waals surface area contributed by atoms with Gasteiger partial charge in [-0.2, -0.15) is 0 Å². The van der Waals surface area contributed by atoms with E-state index in [2.05, 4.69) is 33.5 Å². The van der Waals surface area contributed by atoms with E-state index in [1.54, 1.807) is 0 Å². The van der Waals surface area contributed by atoms with Crippen molar-refractivity contribution in [1.29, 1.82) is 0 Å². The summed E-state index contributed by atoms with van der Waals surface area (Å²) in [5.41, 5.74) is 1.99. The smallest absolute Gasteiger partial charge is 0.224 e. The normalized spacial score (nSPS) is 19.5. The van der Waals surface area contributed by atoms with Crippen LogP contribution in [-0.4, -0.2) is 19.0 Å². The number of rotatable bonds is 4. The van der Waals surface area contributed by atoms with E-state index in [0.717, 1.165) is 28.8 Å². The SMILES string of the molecule is Cc1cc(Br)ccc1NC(=O)CC(C)C1CCCNC1.Cl. The molecule has 1 aliphatic rings. The number of piperidine rings is 1. The maximum absolute atomic E-state index is 12.2. The summed E-state index contributed by atoms with van der Waals surface area (Å²) in [5, 5.41) is 6.44. The zero-order chi connectivity index (χ0) is 14.5. The number of halogens is 2. The quantitative estimate of drug-likeness (QED) is 0.830. The summed E-state index contributed by atoms with van der Waals surface area (Å²) in [6, 6.07) is 5.92. The minimum absolute atomic E-state index is 0. The Morgan fingerprint density at radius 3 is 2.90 bits per heavy atom. The largest absolute Gasteiger partial charge is 0.326 e. The Morgan fingerprint density at radius 1 is 1.52 bits per heavy atom. The number of hydrogen-bond donors (Lipinski definition) is 2. The van der Waals surface area contributed by atoms with Crippen LogP contribution in [0.15, 0.2) is 22.7 Å². The second-order valence-electron chi connectivity index (χ2n) is 5.80. The van der Waals surface area contributed by atoms with Crippen LogP contribution in [0.2, 0.25) is 0 Å². The Labute approximate surface area is 141 Å². The first kappa shape index (κ1) is 18.5. The van der Waals surface area contributed by atoms with E-state index in [0.29, 0.717) is 18.3 Å². The van der Waals surface area contributed by atoms with Crippen LogP contribution in [-0.2, 0) is 4.79 Å². The van der Waals surface area contributed by atoms with Crippen molar-refractivity contribution >= 4 is 39.9 Å². The van der Waals surface area contributed by atoms with Crippen LogP contribution >= 0.6 is 28.3 Å². The lowest BCUT2D eigenvalue weighted by Crippen LogP contribution is -2.34. The molecule has 2 rings (SSSR count). The minimum Gasteiger partial charge on any atom is -0.326 e. The molecule has 1 heterocycles. The first-order valence-corrected chi connectivity index (χ1v) is 8.12. The predicted octanol–water partition coefficient (Wildman–Crippen LogP) is 4.14. The maximum atomic E-state index is 12.2. The van der Waals surface area contributed by atoms with Crippen LogP contribution in [0.1, 0.15) is 31.7 Å². The molecule has 0 saturated carbocycles. The molecule has 0 aromatic heterocycles. The summed E-state index contributed by atoms with van der Waals surface area (Å²) in [5.74, 6) is 1.17. The van der Waals surface area contributed by atoms with Crippen LogP contribution < -0.4 is 10.6 Å². The summed E-state index contributed by atoms with van der Waals surface area (Å²) in [6.07, 6.45) is 3.06. The molecule has 0 aliphatic carbocycles. The van der Waals surface area contributed by atoms with E-state index in [1.807, 2.05) is 25.1 Å². The van der Waals surface area contributed by atoms with Crippen molar-refractivity contribution in [2.45, 2.75) is 33.1 Å². The van der Waals surface area contributed by atoms with Crippen LogP contribution in [0.25, 0.3) is 0 Å². The van der Waals surface area contributed by atoms with E-state index >= 15 is 0 Å². The molecule has 2 unspecified atom stereocenters. The molecule has 1 saturated heterocycles. The monoisotopic (exact) mass is 374 g/mol. The average molecular weight is 376 g/mol. The van der Waals surface area contributed by atoms with Crippen molar-refractivity contribution in [2.24, 2.45) is 11.8 Å². The molecule has 1 fully saturated rings. The molecule has 3 nitrogen and oxygen atoms in total. The molecule has 1 aliphatic heterocycles. The van der Waals surface area contributed by atoms with E-state index in [-0.39, 0.29) is 18.3 Å². The molecule has 21 heavy (non-hydrogen) atoms. The molecule has 1 amide bonds. The fourth-order valence-electron chi connectivity index (χ4n) is 2.79. The van der Waals surface area contributed by atoms with Gasteiger partial charge in [-0.15, -0.1) is 12.4 Å². The van der Waals surface area contributed by atoms with Crippen molar-refractivity contribution in [3.8, 4) is 0 Å². The molecule has 118 valence electrons. The van der Waals surface area contributed by atoms with Gasteiger partial charge in [0.05, 0.1) is 0 Å². The molecule has 1 aromatic carbocycles. The Hall–Kier alpha value is -0.580. The summed E-state index contributed by atoms with van der Waals surface area (Å²) >= 11 is 3.44. The second kappa shape index (κ2) is 8.76. The number of carbonyl (C=O) groups excluding carboxylic acids is 1. The first-order chi connectivity index (χ1) is 9.56. The van der Waals surface area contributed by atoms with Crippen molar-refractivity contribution in [3.05, 3.63) is 28.2 Å². The molecule has 2 atom stereocenters. The van der Waals surface area contributed by atoms with Gasteiger partial charge < -0.3 is 10.6 Å². The van der Waals surface area contributed by atoms with Crippen molar-refractivity contribution in [3.63, 3.8) is 0 Å². The lowest BCUT2D eigenvalue weighted by molar-refractivity contribution is -0.117. The van der Waals surface area contributed by atoms with E-state index in [4.69, 9.17) is 0 Å². The number of benzene rings is 1. The van der Waals surface area contributed by atoms with Gasteiger partial charge in [-0.1, -0.05) is 22.9 Å². The van der Waals surface area contributed by atoms with Gasteiger partial charge in [-0.05, 0) is 68.5 Å². The summed E-state index contributed by atoms with van der Waals surface area (Å²) in [6.45, 7) is 6.36. The van der Waals surface area contributed by atoms with Crippen molar-refractivity contribution in [2.75, 3.05) is 18.4 Å². The number of carbonyl (C=O) groups is 1. The highest BCUT2D eigenvalue weighted by atomic mass is 79.9. The number of amides is 1. The summed E-state index contributed by atoms with van der Waals surface area (Å²) < 4.78 is 1.04. The standard InChI is InChI=1S/C16H23BrN2O.ClH/c1-11(13-4-3-7-18-10-13)9-16(20)19-15-6-5-14(17)8-12(15)2;/h5-6,8,11,13,18H,3-4,7,9-10H2,1-2H3,(H,19,20);1H.